The molecule has 1 heterocycles. The maximum atomic E-state index is 2.55. The number of hydrogen-bond acceptors (Lipinski definition) is 0. The first kappa shape index (κ1) is 20.7. The SMILES string of the molecule is CC[N+](C)(CC)CCCC(C)[N+]1(C)CC2CCCCC2C1.[I-]. The molecule has 2 rings (SSSR count). The van der Waals surface area contributed by atoms with Gasteiger partial charge < -0.3 is 32.9 Å². The van der Waals surface area contributed by atoms with Gasteiger partial charge in [-0.25, -0.2) is 0 Å². The van der Waals surface area contributed by atoms with Crippen molar-refractivity contribution in [2.45, 2.75) is 65.3 Å². The highest BCUT2D eigenvalue weighted by atomic mass is 127. The molecule has 132 valence electrons. The van der Waals surface area contributed by atoms with Crippen molar-refractivity contribution in [3.05, 3.63) is 0 Å². The smallest absolute Gasteiger partial charge is 0.0862 e. The summed E-state index contributed by atoms with van der Waals surface area (Å²) in [5.74, 6) is 2.11. The Morgan fingerprint density at radius 2 is 1.55 bits per heavy atom. The Kier molecular flexibility index (Phi) is 8.15. The van der Waals surface area contributed by atoms with Gasteiger partial charge in [-0.3, -0.25) is 0 Å². The summed E-state index contributed by atoms with van der Waals surface area (Å²) < 4.78 is 2.62. The zero-order chi connectivity index (χ0) is 15.5. The number of rotatable bonds is 7. The summed E-state index contributed by atoms with van der Waals surface area (Å²) in [6.45, 7) is 14.1. The van der Waals surface area contributed by atoms with Crippen molar-refractivity contribution in [1.82, 2.24) is 0 Å². The van der Waals surface area contributed by atoms with Crippen LogP contribution in [0.15, 0.2) is 0 Å². The average molecular weight is 423 g/mol. The standard InChI is InChI=1S/C19H40N2.HI/c1-6-20(4,7-2)14-10-11-17(3)21(5)15-18-12-8-9-13-19(18)16-21;/h17-19H,6-16H2,1-5H3;1H/q+2;/p-1. The molecule has 0 bridgehead atoms. The van der Waals surface area contributed by atoms with Crippen molar-refractivity contribution in [2.24, 2.45) is 11.8 Å². The Balaban J connectivity index is 0.00000242. The Morgan fingerprint density at radius 1 is 1.05 bits per heavy atom. The van der Waals surface area contributed by atoms with Crippen LogP contribution in [-0.4, -0.2) is 61.8 Å². The lowest BCUT2D eigenvalue weighted by Crippen LogP contribution is -3.00. The van der Waals surface area contributed by atoms with Crippen LogP contribution in [0.25, 0.3) is 0 Å². The summed E-state index contributed by atoms with van der Waals surface area (Å²) in [5, 5.41) is 0. The summed E-state index contributed by atoms with van der Waals surface area (Å²) in [7, 11) is 4.97. The fraction of sp³-hybridized carbons (Fsp3) is 1.00. The Bertz CT molecular complexity index is 313. The number of fused-ring (bicyclic) bond motifs is 1. The molecule has 1 aliphatic heterocycles. The molecule has 3 heteroatoms. The van der Waals surface area contributed by atoms with E-state index >= 15 is 0 Å². The van der Waals surface area contributed by atoms with Crippen molar-refractivity contribution in [3.8, 4) is 0 Å². The number of quaternary nitrogens is 2. The van der Waals surface area contributed by atoms with Crippen LogP contribution in [0.1, 0.15) is 59.3 Å². The predicted molar refractivity (Wildman–Crippen MR) is 92.2 cm³/mol. The number of likely N-dealkylation sites (tertiary alicyclic amines) is 1. The maximum absolute atomic E-state index is 2.55. The van der Waals surface area contributed by atoms with E-state index in [1.54, 1.807) is 0 Å². The maximum Gasteiger partial charge on any atom is 0.0862 e. The molecule has 3 unspecified atom stereocenters. The lowest BCUT2D eigenvalue weighted by molar-refractivity contribution is -0.925. The minimum absolute atomic E-state index is 0. The lowest BCUT2D eigenvalue weighted by atomic mass is 9.82. The summed E-state index contributed by atoms with van der Waals surface area (Å²) >= 11 is 0. The van der Waals surface area contributed by atoms with Crippen LogP contribution in [0.2, 0.25) is 0 Å². The average Bonchev–Trinajstić information content (AvgIpc) is 2.84. The third-order valence-electron chi connectivity index (χ3n) is 7.28. The first-order chi connectivity index (χ1) is 9.92. The molecule has 0 radical (unpaired) electrons. The van der Waals surface area contributed by atoms with Crippen LogP contribution in [0.3, 0.4) is 0 Å². The van der Waals surface area contributed by atoms with Crippen LogP contribution < -0.4 is 24.0 Å². The Morgan fingerprint density at radius 3 is 2.00 bits per heavy atom. The van der Waals surface area contributed by atoms with Crippen LogP contribution in [0.5, 0.6) is 0 Å². The largest absolute Gasteiger partial charge is 1.00 e. The monoisotopic (exact) mass is 423 g/mol. The first-order valence-electron chi connectivity index (χ1n) is 9.60. The summed E-state index contributed by atoms with van der Waals surface area (Å²) in [6.07, 6.45) is 8.86. The van der Waals surface area contributed by atoms with E-state index in [0.29, 0.717) is 0 Å². The van der Waals surface area contributed by atoms with Crippen molar-refractivity contribution >= 4 is 0 Å². The van der Waals surface area contributed by atoms with Crippen molar-refractivity contribution < 1.29 is 32.9 Å². The number of halogens is 1. The van der Waals surface area contributed by atoms with Gasteiger partial charge in [-0.05, 0) is 33.6 Å². The second kappa shape index (κ2) is 8.66. The van der Waals surface area contributed by atoms with Crippen LogP contribution in [0.4, 0.5) is 0 Å². The molecular formula is C19H40IN2+. The second-order valence-corrected chi connectivity index (χ2v) is 8.62. The summed E-state index contributed by atoms with van der Waals surface area (Å²) in [6, 6.07) is 0.859. The van der Waals surface area contributed by atoms with E-state index in [-0.39, 0.29) is 24.0 Å². The molecule has 0 N–H and O–H groups in total. The molecule has 2 nitrogen and oxygen atoms in total. The highest BCUT2D eigenvalue weighted by molar-refractivity contribution is 4.81. The minimum Gasteiger partial charge on any atom is -1.00 e. The van der Waals surface area contributed by atoms with E-state index in [1.165, 1.54) is 80.2 Å². The van der Waals surface area contributed by atoms with Crippen LogP contribution in [0, 0.1) is 11.8 Å². The zero-order valence-electron chi connectivity index (χ0n) is 15.8. The van der Waals surface area contributed by atoms with Gasteiger partial charge in [-0.15, -0.1) is 0 Å². The molecule has 0 aromatic carbocycles. The topological polar surface area (TPSA) is 0 Å². The van der Waals surface area contributed by atoms with Crippen LogP contribution >= 0.6 is 0 Å². The normalized spacial score (nSPS) is 33.1. The van der Waals surface area contributed by atoms with E-state index in [2.05, 4.69) is 34.9 Å². The molecule has 1 saturated heterocycles. The van der Waals surface area contributed by atoms with Gasteiger partial charge in [-0.2, -0.15) is 0 Å². The van der Waals surface area contributed by atoms with Gasteiger partial charge in [0.2, 0.25) is 0 Å². The van der Waals surface area contributed by atoms with E-state index in [1.807, 2.05) is 0 Å². The van der Waals surface area contributed by atoms with Gasteiger partial charge in [0.25, 0.3) is 0 Å². The number of nitrogens with zero attached hydrogens (tertiary/aromatic N) is 2. The number of hydrogen-bond donors (Lipinski definition) is 0. The molecular weight excluding hydrogens is 383 g/mol. The van der Waals surface area contributed by atoms with Gasteiger partial charge in [-0.1, -0.05) is 12.8 Å². The van der Waals surface area contributed by atoms with Crippen LogP contribution in [-0.2, 0) is 0 Å². The van der Waals surface area contributed by atoms with Gasteiger partial charge in [0.05, 0.1) is 52.9 Å². The fourth-order valence-electron chi connectivity index (χ4n) is 4.89. The first-order valence-corrected chi connectivity index (χ1v) is 9.60. The third kappa shape index (κ3) is 4.83. The van der Waals surface area contributed by atoms with Gasteiger partial charge in [0.1, 0.15) is 0 Å². The van der Waals surface area contributed by atoms with Gasteiger partial charge in [0.15, 0.2) is 0 Å². The molecule has 0 amide bonds. The Hall–Kier alpha value is 0.650. The van der Waals surface area contributed by atoms with E-state index in [0.717, 1.165) is 17.9 Å². The quantitative estimate of drug-likeness (QED) is 0.422. The molecule has 2 fully saturated rings. The Labute approximate surface area is 156 Å². The van der Waals surface area contributed by atoms with E-state index in [4.69, 9.17) is 0 Å². The molecule has 3 atom stereocenters. The van der Waals surface area contributed by atoms with Crippen molar-refractivity contribution in [3.63, 3.8) is 0 Å². The highest BCUT2D eigenvalue weighted by Crippen LogP contribution is 2.40. The molecule has 0 aromatic rings. The van der Waals surface area contributed by atoms with E-state index in [9.17, 15) is 0 Å². The zero-order valence-corrected chi connectivity index (χ0v) is 17.9. The van der Waals surface area contributed by atoms with E-state index < -0.39 is 0 Å². The molecule has 0 aromatic heterocycles. The summed E-state index contributed by atoms with van der Waals surface area (Å²) in [5.41, 5.74) is 0. The fourth-order valence-corrected chi connectivity index (χ4v) is 4.89. The highest BCUT2D eigenvalue weighted by Gasteiger charge is 2.45. The van der Waals surface area contributed by atoms with Crippen molar-refractivity contribution in [2.75, 3.05) is 46.8 Å². The third-order valence-corrected chi connectivity index (χ3v) is 7.28. The minimum atomic E-state index is 0. The lowest BCUT2D eigenvalue weighted by Gasteiger charge is -2.38. The van der Waals surface area contributed by atoms with Gasteiger partial charge >= 0.3 is 0 Å². The molecule has 1 aliphatic carbocycles. The van der Waals surface area contributed by atoms with Crippen molar-refractivity contribution in [1.29, 1.82) is 0 Å². The molecule has 1 saturated carbocycles. The molecule has 22 heavy (non-hydrogen) atoms. The summed E-state index contributed by atoms with van der Waals surface area (Å²) in [4.78, 5) is 0. The molecule has 2 aliphatic rings. The van der Waals surface area contributed by atoms with Gasteiger partial charge in [0, 0.05) is 24.7 Å². The predicted octanol–water partition coefficient (Wildman–Crippen LogP) is 0.912. The molecule has 0 spiro atoms. The second-order valence-electron chi connectivity index (χ2n) is 8.62.